The highest BCUT2D eigenvalue weighted by Gasteiger charge is 2.32. The number of rotatable bonds is 16. The Hall–Kier alpha value is -9.20. The van der Waals surface area contributed by atoms with Crippen molar-refractivity contribution < 1.29 is 0 Å². The molecule has 0 saturated heterocycles. The molecule has 16 heteroatoms. The number of aromatic nitrogens is 8. The molecule has 0 unspecified atom stereocenters. The zero-order valence-electron chi connectivity index (χ0n) is 58.0. The largest absolute Gasteiger partial charge is 0.324 e. The SMILES string of the molecule is CSc1ccc(-c2ccc(-c3ccc(SC)cc3)c3c2-c2nc-3nc3[nH]c(nc4nc(nc5[nH]c(n2)c2c(-c6ccc(SC)cc6)ccc(-c6ccc(SC)cc6)c52)-c2c(-c5ccc(SC)cc5)ccc(-c5ccc(SC)cc5)c2-4)c2c(-c4ccc(SC)cc4)ccc(-c4ccc(SC)cc4)c32)cc1. The quantitative estimate of drug-likeness (QED) is 0.0896. The molecule has 104 heavy (non-hydrogen) atoms. The van der Waals surface area contributed by atoms with E-state index in [4.69, 9.17) is 29.9 Å². The third-order valence-electron chi connectivity index (χ3n) is 19.6. The molecule has 0 radical (unpaired) electrons. The van der Waals surface area contributed by atoms with Gasteiger partial charge in [-0.2, -0.15) is 0 Å². The molecule has 8 bridgehead atoms. The summed E-state index contributed by atoms with van der Waals surface area (Å²) < 4.78 is 0. The molecule has 2 N–H and O–H groups in total. The summed E-state index contributed by atoms with van der Waals surface area (Å²) >= 11 is 13.8. The van der Waals surface area contributed by atoms with E-state index >= 15 is 0 Å². The number of H-pyrrole nitrogens is 2. The van der Waals surface area contributed by atoms with E-state index in [1.165, 1.54) is 39.2 Å². The van der Waals surface area contributed by atoms with E-state index in [0.717, 1.165) is 133 Å². The van der Waals surface area contributed by atoms with Crippen LogP contribution in [0.25, 0.3) is 179 Å². The Morgan fingerprint density at radius 1 is 0.173 bits per heavy atom. The highest BCUT2D eigenvalue weighted by atomic mass is 32.2. The lowest BCUT2D eigenvalue weighted by molar-refractivity contribution is 1.19. The van der Waals surface area contributed by atoms with E-state index < -0.39 is 0 Å². The van der Waals surface area contributed by atoms with Crippen molar-refractivity contribution in [3.63, 3.8) is 0 Å². The number of nitrogens with zero attached hydrogens (tertiary/aromatic N) is 6. The van der Waals surface area contributed by atoms with E-state index in [9.17, 15) is 0 Å². The van der Waals surface area contributed by atoms with Gasteiger partial charge in [-0.3, -0.25) is 0 Å². The summed E-state index contributed by atoms with van der Waals surface area (Å²) in [6, 6.07) is 88.8. The van der Waals surface area contributed by atoms with E-state index in [-0.39, 0.29) is 0 Å². The van der Waals surface area contributed by atoms with Crippen molar-refractivity contribution in [2.24, 2.45) is 0 Å². The van der Waals surface area contributed by atoms with Gasteiger partial charge in [0, 0.05) is 83.0 Å². The van der Waals surface area contributed by atoms with Crippen LogP contribution >= 0.6 is 94.1 Å². The second-order valence-electron chi connectivity index (χ2n) is 25.1. The van der Waals surface area contributed by atoms with Crippen LogP contribution in [0.3, 0.4) is 0 Å². The summed E-state index contributed by atoms with van der Waals surface area (Å²) in [7, 11) is 0. The molecule has 12 aromatic carbocycles. The molecule has 3 aromatic heterocycles. The lowest BCUT2D eigenvalue weighted by atomic mass is 9.89. The minimum atomic E-state index is 0.501. The van der Waals surface area contributed by atoms with Gasteiger partial charge in [0.15, 0.2) is 23.3 Å². The average molecular weight is 1490 g/mol. The van der Waals surface area contributed by atoms with Crippen molar-refractivity contribution >= 4 is 138 Å². The molecule has 8 nitrogen and oxygen atoms in total. The molecule has 0 spiro atoms. The lowest BCUT2D eigenvalue weighted by Crippen LogP contribution is -1.92. The van der Waals surface area contributed by atoms with Gasteiger partial charge in [0.25, 0.3) is 0 Å². The topological polar surface area (TPSA) is 109 Å². The van der Waals surface area contributed by atoms with Gasteiger partial charge in [0.2, 0.25) is 0 Å². The van der Waals surface area contributed by atoms with Crippen molar-refractivity contribution in [2.45, 2.75) is 39.2 Å². The summed E-state index contributed by atoms with van der Waals surface area (Å²) in [6.07, 6.45) is 17.0. The normalized spacial score (nSPS) is 11.8. The zero-order chi connectivity index (χ0) is 70.7. The molecule has 0 atom stereocenters. The summed E-state index contributed by atoms with van der Waals surface area (Å²) in [6.45, 7) is 0. The van der Waals surface area contributed by atoms with E-state index in [0.29, 0.717) is 45.9 Å². The zero-order valence-corrected chi connectivity index (χ0v) is 64.6. The van der Waals surface area contributed by atoms with Crippen molar-refractivity contribution in [1.29, 1.82) is 0 Å². The lowest BCUT2D eigenvalue weighted by Gasteiger charge is -2.14. The Balaban J connectivity index is 1.12. The number of thioether (sulfide) groups is 8. The molecule has 506 valence electrons. The van der Waals surface area contributed by atoms with Crippen molar-refractivity contribution in [3.05, 3.63) is 243 Å². The second-order valence-corrected chi connectivity index (χ2v) is 32.1. The molecular weight excluding hydrogens is 1430 g/mol. The maximum atomic E-state index is 6.06. The fourth-order valence-corrected chi connectivity index (χ4v) is 17.7. The first-order valence-corrected chi connectivity index (χ1v) is 43.6. The number of hydrogen-bond donors (Lipinski definition) is 2. The molecule has 0 saturated carbocycles. The average Bonchev–Trinajstić information content (AvgIpc) is 1.59. The van der Waals surface area contributed by atoms with Gasteiger partial charge in [-0.15, -0.1) is 94.1 Å². The summed E-state index contributed by atoms with van der Waals surface area (Å²) in [5.41, 5.74) is 21.9. The predicted molar refractivity (Wildman–Crippen MR) is 454 cm³/mol. The monoisotopic (exact) mass is 1490 g/mol. The maximum absolute atomic E-state index is 6.06. The fraction of sp³-hybridized carbons (Fsp3) is 0.0909. The van der Waals surface area contributed by atoms with Crippen LogP contribution in [0.15, 0.2) is 282 Å². The third-order valence-corrected chi connectivity index (χ3v) is 25.6. The van der Waals surface area contributed by atoms with Crippen LogP contribution < -0.4 is 0 Å². The van der Waals surface area contributed by atoms with E-state index in [2.05, 4.69) is 303 Å². The molecule has 2 aliphatic rings. The minimum absolute atomic E-state index is 0.501. The van der Waals surface area contributed by atoms with Crippen LogP contribution in [0.4, 0.5) is 0 Å². The van der Waals surface area contributed by atoms with Crippen LogP contribution in [0.5, 0.6) is 0 Å². The van der Waals surface area contributed by atoms with Gasteiger partial charge < -0.3 is 9.97 Å². The Morgan fingerprint density at radius 2 is 0.317 bits per heavy atom. The maximum Gasteiger partial charge on any atom is 0.165 e. The first-order chi connectivity index (χ1) is 51.1. The number of benzene rings is 12. The number of nitrogens with one attached hydrogen (secondary N) is 2. The van der Waals surface area contributed by atoms with Gasteiger partial charge >= 0.3 is 0 Å². The van der Waals surface area contributed by atoms with Crippen LogP contribution in [-0.4, -0.2) is 89.9 Å². The van der Waals surface area contributed by atoms with Crippen LogP contribution in [0, 0.1) is 0 Å². The van der Waals surface area contributed by atoms with Gasteiger partial charge in [-0.25, -0.2) is 29.9 Å². The first kappa shape index (κ1) is 67.9. The third kappa shape index (κ3) is 12.4. The minimum Gasteiger partial charge on any atom is -0.324 e. The predicted octanol–water partition coefficient (Wildman–Crippen LogP) is 26.0. The summed E-state index contributed by atoms with van der Waals surface area (Å²) in [5.74, 6) is 2.00. The first-order valence-electron chi connectivity index (χ1n) is 33.8. The summed E-state index contributed by atoms with van der Waals surface area (Å²) in [5, 5.41) is 3.55. The molecule has 0 amide bonds. The van der Waals surface area contributed by atoms with Crippen LogP contribution in [0.1, 0.15) is 0 Å². The molecule has 2 aliphatic heterocycles. The molecular formula is C88H66N8S8. The van der Waals surface area contributed by atoms with Gasteiger partial charge in [-0.1, -0.05) is 146 Å². The Bertz CT molecular complexity index is 5290. The highest BCUT2D eigenvalue weighted by molar-refractivity contribution is 8.00. The van der Waals surface area contributed by atoms with Gasteiger partial charge in [0.05, 0.1) is 0 Å². The van der Waals surface area contributed by atoms with E-state index in [1.807, 2.05) is 0 Å². The number of hydrogen-bond acceptors (Lipinski definition) is 14. The van der Waals surface area contributed by atoms with Crippen molar-refractivity contribution in [1.82, 2.24) is 39.9 Å². The van der Waals surface area contributed by atoms with E-state index in [1.54, 1.807) is 94.1 Å². The smallest absolute Gasteiger partial charge is 0.165 e. The summed E-state index contributed by atoms with van der Waals surface area (Å²) in [4.78, 5) is 53.4. The molecule has 0 aliphatic carbocycles. The Morgan fingerprint density at radius 3 is 0.471 bits per heavy atom. The van der Waals surface area contributed by atoms with Crippen molar-refractivity contribution in [3.8, 4) is 135 Å². The Labute approximate surface area is 638 Å². The van der Waals surface area contributed by atoms with Crippen LogP contribution in [0.2, 0.25) is 0 Å². The van der Waals surface area contributed by atoms with Crippen LogP contribution in [-0.2, 0) is 0 Å². The van der Waals surface area contributed by atoms with Crippen molar-refractivity contribution in [2.75, 3.05) is 50.0 Å². The molecule has 5 heterocycles. The standard InChI is InChI=1S/C88H66N8S8/c1-97-57-25-9-49(10-26-57)65-41-42-66(50-11-27-58(98-2)28-12-50)74-73(65)81-89-82(74)94-84-77-69(53-17-33-61(101-5)34-18-53)45-46-70(54-19-35-62(102-6)36-20-54)78(77)86(91-84)96-88-80-72(56-23-39-64(104-8)40-24-56)48-47-71(55-21-37-63(103-7)38-22-55)79(80)87(92-88)95-85-76-68(52-15-31-60(100-4)32-16-52)44-43-67(75(76)83(90-85)93-81)51-13-29-59(99-3)30-14-51/h9-48H,1-8H3,(H2,89,90,91,92,93,94,95,96). The highest BCUT2D eigenvalue weighted by Crippen LogP contribution is 2.52. The fourth-order valence-electron chi connectivity index (χ4n) is 14.4. The number of aromatic amines is 2. The second kappa shape index (κ2) is 29.0. The van der Waals surface area contributed by atoms with Gasteiger partial charge in [0.1, 0.15) is 22.6 Å². The Kier molecular flexibility index (Phi) is 19.0. The van der Waals surface area contributed by atoms with Gasteiger partial charge in [-0.05, 0) is 236 Å². The molecule has 15 aromatic rings. The molecule has 0 fully saturated rings. The number of fused-ring (bicyclic) bond motifs is 20. The molecule has 17 rings (SSSR count).